The molecule has 2 aromatic heterocycles. The van der Waals surface area contributed by atoms with Crippen LogP contribution in [0.25, 0.3) is 0 Å². The van der Waals surface area contributed by atoms with Gasteiger partial charge in [0, 0.05) is 33.1 Å². The number of hydrogen-bond acceptors (Lipinski definition) is 9. The summed E-state index contributed by atoms with van der Waals surface area (Å²) in [5.41, 5.74) is 6.81. The van der Waals surface area contributed by atoms with E-state index >= 15 is 0 Å². The van der Waals surface area contributed by atoms with Gasteiger partial charge >= 0.3 is 12.4 Å². The third kappa shape index (κ3) is 16.5. The van der Waals surface area contributed by atoms with Gasteiger partial charge in [-0.25, -0.2) is 0 Å². The van der Waals surface area contributed by atoms with Crippen LogP contribution in [0.2, 0.25) is 0 Å². The minimum atomic E-state index is -4.48. The number of nitrogen functional groups attached to an aromatic ring is 1. The summed E-state index contributed by atoms with van der Waals surface area (Å²) in [6.07, 6.45) is 7.55. The number of carbonyl (C=O) groups is 2. The van der Waals surface area contributed by atoms with Gasteiger partial charge in [-0.3, -0.25) is 14.9 Å². The zero-order valence-corrected chi connectivity index (χ0v) is 34.0. The molecular formula is C41H47ClF6N6O4S. The molecule has 6 rings (SSSR count). The Kier molecular flexibility index (Phi) is 19.6. The van der Waals surface area contributed by atoms with Crippen LogP contribution in [0.4, 0.5) is 49.1 Å². The van der Waals surface area contributed by atoms with Gasteiger partial charge in [-0.15, -0.1) is 0 Å². The van der Waals surface area contributed by atoms with E-state index in [4.69, 9.17) is 39.2 Å². The topological polar surface area (TPSA) is 141 Å². The van der Waals surface area contributed by atoms with E-state index in [-0.39, 0.29) is 22.1 Å². The molecule has 2 aromatic carbocycles. The molecule has 2 fully saturated rings. The van der Waals surface area contributed by atoms with Crippen molar-refractivity contribution in [3.8, 4) is 6.07 Å². The Labute approximate surface area is 349 Å². The molecule has 18 heteroatoms. The van der Waals surface area contributed by atoms with Crippen LogP contribution in [0.15, 0.2) is 82.4 Å². The minimum Gasteiger partial charge on any atom is -0.472 e. The van der Waals surface area contributed by atoms with Gasteiger partial charge in [0.1, 0.15) is 12.5 Å². The number of furan rings is 2. The van der Waals surface area contributed by atoms with Crippen LogP contribution in [0.5, 0.6) is 0 Å². The third-order valence-corrected chi connectivity index (χ3v) is 9.50. The Morgan fingerprint density at radius 3 is 1.56 bits per heavy atom. The molecule has 4 N–H and O–H groups in total. The summed E-state index contributed by atoms with van der Waals surface area (Å²) in [6, 6.07) is 11.9. The first-order valence-electron chi connectivity index (χ1n) is 18.9. The van der Waals surface area contributed by atoms with Crippen LogP contribution in [0.3, 0.4) is 0 Å². The number of hydrogen-bond donors (Lipinski definition) is 3. The van der Waals surface area contributed by atoms with E-state index in [0.717, 1.165) is 94.7 Å². The number of amides is 1. The first-order chi connectivity index (χ1) is 28.0. The zero-order chi connectivity index (χ0) is 43.4. The zero-order valence-electron chi connectivity index (χ0n) is 32.4. The number of rotatable bonds is 5. The second kappa shape index (κ2) is 24.0. The lowest BCUT2D eigenvalue weighted by Crippen LogP contribution is -2.35. The number of nitrogens with zero attached hydrogens (tertiary/aromatic N) is 3. The number of halogens is 7. The van der Waals surface area contributed by atoms with Crippen molar-refractivity contribution in [2.24, 2.45) is 0 Å². The summed E-state index contributed by atoms with van der Waals surface area (Å²) in [4.78, 5) is 26.5. The van der Waals surface area contributed by atoms with Crippen LogP contribution in [-0.2, 0) is 12.4 Å². The quantitative estimate of drug-likeness (QED) is 0.0768. The molecule has 0 saturated carbocycles. The number of thiocarbonyl (C=S) groups is 1. The highest BCUT2D eigenvalue weighted by Crippen LogP contribution is 2.37. The van der Waals surface area contributed by atoms with Crippen molar-refractivity contribution >= 4 is 62.8 Å². The molecule has 0 bridgehead atoms. The first-order valence-corrected chi connectivity index (χ1v) is 19.7. The fraction of sp³-hybridized carbons (Fsp3) is 0.415. The second-order valence-corrected chi connectivity index (χ2v) is 14.2. The number of alkyl halides is 6. The van der Waals surface area contributed by atoms with E-state index in [2.05, 4.69) is 24.9 Å². The maximum atomic E-state index is 13.2. The van der Waals surface area contributed by atoms with E-state index in [0.29, 0.717) is 11.3 Å². The van der Waals surface area contributed by atoms with Crippen molar-refractivity contribution in [1.82, 2.24) is 5.32 Å². The third-order valence-electron chi connectivity index (χ3n) is 9.08. The summed E-state index contributed by atoms with van der Waals surface area (Å²) >= 11 is 10.2. The molecule has 1 amide bonds. The lowest BCUT2D eigenvalue weighted by molar-refractivity contribution is -0.138. The van der Waals surface area contributed by atoms with Crippen LogP contribution >= 0.6 is 23.8 Å². The highest BCUT2D eigenvalue weighted by Gasteiger charge is 2.32. The lowest BCUT2D eigenvalue weighted by Gasteiger charge is -2.29. The van der Waals surface area contributed by atoms with Gasteiger partial charge in [-0.05, 0) is 98.0 Å². The fourth-order valence-electron chi connectivity index (χ4n) is 6.18. The molecule has 2 aliphatic heterocycles. The number of nitrogens with two attached hydrogens (primary N) is 1. The van der Waals surface area contributed by atoms with Crippen molar-refractivity contribution in [2.45, 2.75) is 83.5 Å². The van der Waals surface area contributed by atoms with Crippen molar-refractivity contribution in [1.29, 1.82) is 5.26 Å². The van der Waals surface area contributed by atoms with Crippen LogP contribution < -0.4 is 26.2 Å². The molecule has 0 unspecified atom stereocenters. The molecule has 4 aromatic rings. The molecule has 0 spiro atoms. The van der Waals surface area contributed by atoms with E-state index in [1.807, 2.05) is 0 Å². The average Bonchev–Trinajstić information content (AvgIpc) is 3.89. The van der Waals surface area contributed by atoms with Gasteiger partial charge in [0.15, 0.2) is 5.11 Å². The standard InChI is InChI=1S/C20H22F3N3O2S.C14H19F3N2.C5H3ClO2.C2H3N/c21-20(22,23)15-6-7-17(26-9-4-2-1-3-5-10-26)16(12-15)24-19(29)25-18(27)14-8-11-28-13-14;15-14(16,17)11-6-7-13(12(18)10-11)19-8-4-2-1-3-5-9-19;6-5(7)4-1-2-8-3-4;1-2-3/h6-8,11-13H,1-5,9-10H2,(H2,24,25,27,29);6-7,10H,1-5,8-9,18H2;1-3H;1H3. The monoisotopic (exact) mass is 868 g/mol. The Morgan fingerprint density at radius 2 is 1.15 bits per heavy atom. The number of carbonyl (C=O) groups excluding carboxylic acids is 2. The molecule has 2 aliphatic rings. The largest absolute Gasteiger partial charge is 0.472 e. The van der Waals surface area contributed by atoms with E-state index in [1.165, 1.54) is 81.9 Å². The van der Waals surface area contributed by atoms with Crippen molar-refractivity contribution in [3.63, 3.8) is 0 Å². The second-order valence-electron chi connectivity index (χ2n) is 13.4. The molecule has 320 valence electrons. The number of anilines is 4. The molecule has 2 saturated heterocycles. The molecule has 0 radical (unpaired) electrons. The summed E-state index contributed by atoms with van der Waals surface area (Å²) in [5.74, 6) is -0.504. The smallest absolute Gasteiger partial charge is 0.416 e. The Bertz CT molecular complexity index is 1940. The number of benzene rings is 2. The predicted molar refractivity (Wildman–Crippen MR) is 220 cm³/mol. The maximum absolute atomic E-state index is 13.2. The molecule has 10 nitrogen and oxygen atoms in total. The number of nitriles is 1. The molecule has 0 aliphatic carbocycles. The summed E-state index contributed by atoms with van der Waals surface area (Å²) in [6.45, 7) is 4.69. The highest BCUT2D eigenvalue weighted by molar-refractivity contribution is 7.80. The Balaban J connectivity index is 0.000000263. The van der Waals surface area contributed by atoms with Crippen molar-refractivity contribution < 1.29 is 44.8 Å². The molecule has 59 heavy (non-hydrogen) atoms. The van der Waals surface area contributed by atoms with Crippen LogP contribution in [0.1, 0.15) is 103 Å². The van der Waals surface area contributed by atoms with E-state index < -0.39 is 34.6 Å². The van der Waals surface area contributed by atoms with Crippen LogP contribution in [0, 0.1) is 11.3 Å². The van der Waals surface area contributed by atoms with Crippen LogP contribution in [-0.4, -0.2) is 42.4 Å². The average molecular weight is 869 g/mol. The van der Waals surface area contributed by atoms with Gasteiger partial charge in [0.2, 0.25) is 0 Å². The van der Waals surface area contributed by atoms with E-state index in [1.54, 1.807) is 6.07 Å². The highest BCUT2D eigenvalue weighted by atomic mass is 35.5. The molecular weight excluding hydrogens is 822 g/mol. The normalized spacial score (nSPS) is 14.7. The lowest BCUT2D eigenvalue weighted by atomic mass is 10.1. The molecule has 0 atom stereocenters. The number of nitrogens with one attached hydrogen (secondary N) is 2. The summed E-state index contributed by atoms with van der Waals surface area (Å²) in [7, 11) is 0. The van der Waals surface area contributed by atoms with Gasteiger partial charge < -0.3 is 29.7 Å². The fourth-order valence-corrected chi connectivity index (χ4v) is 6.49. The predicted octanol–water partition coefficient (Wildman–Crippen LogP) is 11.4. The maximum Gasteiger partial charge on any atom is 0.416 e. The van der Waals surface area contributed by atoms with Gasteiger partial charge in [-0.1, -0.05) is 38.5 Å². The van der Waals surface area contributed by atoms with Gasteiger partial charge in [0.25, 0.3) is 11.1 Å². The van der Waals surface area contributed by atoms with Gasteiger partial charge in [0.05, 0.1) is 63.6 Å². The van der Waals surface area contributed by atoms with E-state index in [9.17, 15) is 35.9 Å². The molecule has 4 heterocycles. The summed E-state index contributed by atoms with van der Waals surface area (Å²) < 4.78 is 86.9. The Hall–Kier alpha value is -5.21. The van der Waals surface area contributed by atoms with Crippen molar-refractivity contribution in [3.05, 3.63) is 95.8 Å². The van der Waals surface area contributed by atoms with Gasteiger partial charge in [-0.2, -0.15) is 31.6 Å². The Morgan fingerprint density at radius 1 is 0.729 bits per heavy atom. The summed E-state index contributed by atoms with van der Waals surface area (Å²) in [5, 5.41) is 12.0. The minimum absolute atomic E-state index is 0.0798. The SMILES string of the molecule is CC#N.Nc1cc(C(F)(F)F)ccc1N1CCCCCCC1.O=C(Cl)c1ccoc1.O=C(NC(=S)Nc1cc(C(F)(F)F)ccc1N1CCCCCCC1)c1ccoc1. The first kappa shape index (κ1) is 48.2. The van der Waals surface area contributed by atoms with Crippen molar-refractivity contribution in [2.75, 3.05) is 47.0 Å².